The minimum Gasteiger partial charge on any atom is -0.311 e. The molecule has 1 amide bonds. The molecule has 0 aliphatic heterocycles. The normalized spacial score (nSPS) is 10.2. The number of hydrogen-bond acceptors (Lipinski definition) is 1. The lowest BCUT2D eigenvalue weighted by atomic mass is 10.2. The number of anilines is 1. The Morgan fingerprint density at radius 1 is 1.00 bits per heavy atom. The second-order valence-corrected chi connectivity index (χ2v) is 4.73. The molecule has 0 heterocycles. The molecule has 2 aromatic rings. The Balaban J connectivity index is 2.31. The minimum absolute atomic E-state index is 0.148. The highest BCUT2D eigenvalue weighted by Gasteiger charge is 2.14. The van der Waals surface area contributed by atoms with Crippen molar-refractivity contribution in [3.63, 3.8) is 0 Å². The number of benzene rings is 2. The zero-order valence-corrected chi connectivity index (χ0v) is 11.2. The van der Waals surface area contributed by atoms with Gasteiger partial charge in [-0.1, -0.05) is 41.4 Å². The topological polar surface area (TPSA) is 20.3 Å². The summed E-state index contributed by atoms with van der Waals surface area (Å²) >= 11 is 11.8. The van der Waals surface area contributed by atoms with E-state index in [1.54, 1.807) is 30.1 Å². The lowest BCUT2D eigenvalue weighted by Crippen LogP contribution is -2.26. The van der Waals surface area contributed by atoms with E-state index < -0.39 is 0 Å². The third kappa shape index (κ3) is 2.84. The van der Waals surface area contributed by atoms with Crippen molar-refractivity contribution in [1.29, 1.82) is 0 Å². The van der Waals surface area contributed by atoms with Gasteiger partial charge in [-0.3, -0.25) is 4.79 Å². The summed E-state index contributed by atoms with van der Waals surface area (Å²) in [6.45, 7) is 0. The highest BCUT2D eigenvalue weighted by molar-refractivity contribution is 6.35. The first-order chi connectivity index (χ1) is 8.58. The van der Waals surface area contributed by atoms with Crippen LogP contribution in [0, 0.1) is 0 Å². The largest absolute Gasteiger partial charge is 0.311 e. The molecule has 18 heavy (non-hydrogen) atoms. The van der Waals surface area contributed by atoms with E-state index in [9.17, 15) is 4.79 Å². The average molecular weight is 280 g/mol. The first kappa shape index (κ1) is 12.9. The lowest BCUT2D eigenvalue weighted by molar-refractivity contribution is 0.0993. The maximum atomic E-state index is 12.3. The maximum Gasteiger partial charge on any atom is 0.258 e. The maximum absolute atomic E-state index is 12.3. The summed E-state index contributed by atoms with van der Waals surface area (Å²) in [6.07, 6.45) is 0. The van der Waals surface area contributed by atoms with E-state index >= 15 is 0 Å². The Morgan fingerprint density at radius 3 is 2.11 bits per heavy atom. The van der Waals surface area contributed by atoms with E-state index in [-0.39, 0.29) is 5.91 Å². The zero-order valence-electron chi connectivity index (χ0n) is 9.73. The molecule has 0 radical (unpaired) electrons. The van der Waals surface area contributed by atoms with Crippen LogP contribution in [0.5, 0.6) is 0 Å². The molecule has 0 atom stereocenters. The number of hydrogen-bond donors (Lipinski definition) is 0. The van der Waals surface area contributed by atoms with Crippen molar-refractivity contribution in [3.8, 4) is 0 Å². The summed E-state index contributed by atoms with van der Waals surface area (Å²) in [5.41, 5.74) is 1.29. The van der Waals surface area contributed by atoms with Crippen molar-refractivity contribution in [1.82, 2.24) is 0 Å². The van der Waals surface area contributed by atoms with Crippen LogP contribution in [0.2, 0.25) is 10.0 Å². The number of rotatable bonds is 2. The van der Waals surface area contributed by atoms with Crippen molar-refractivity contribution < 1.29 is 4.79 Å². The average Bonchev–Trinajstić information content (AvgIpc) is 2.37. The number of para-hydroxylation sites is 1. The van der Waals surface area contributed by atoms with E-state index in [0.717, 1.165) is 5.69 Å². The molecule has 0 fully saturated rings. The van der Waals surface area contributed by atoms with Gasteiger partial charge in [0, 0.05) is 28.3 Å². The molecule has 0 bridgehead atoms. The van der Waals surface area contributed by atoms with Crippen LogP contribution in [-0.4, -0.2) is 13.0 Å². The predicted molar refractivity (Wildman–Crippen MR) is 75.6 cm³/mol. The molecular formula is C14H11Cl2NO. The Morgan fingerprint density at radius 2 is 1.56 bits per heavy atom. The number of nitrogens with zero attached hydrogens (tertiary/aromatic N) is 1. The lowest BCUT2D eigenvalue weighted by Gasteiger charge is -2.17. The molecule has 0 saturated heterocycles. The standard InChI is InChI=1S/C14H11Cl2NO/c1-17(13-5-3-2-4-6-13)14(18)10-7-11(15)9-12(16)8-10/h2-9H,1H3. The van der Waals surface area contributed by atoms with Gasteiger partial charge in [0.05, 0.1) is 0 Å². The third-order valence-electron chi connectivity index (χ3n) is 2.56. The van der Waals surface area contributed by atoms with Crippen LogP contribution in [0.25, 0.3) is 0 Å². The molecule has 92 valence electrons. The van der Waals surface area contributed by atoms with Gasteiger partial charge in [-0.15, -0.1) is 0 Å². The van der Waals surface area contributed by atoms with Gasteiger partial charge in [-0.05, 0) is 30.3 Å². The van der Waals surface area contributed by atoms with Crippen LogP contribution in [-0.2, 0) is 0 Å². The van der Waals surface area contributed by atoms with E-state index in [0.29, 0.717) is 15.6 Å². The van der Waals surface area contributed by atoms with Crippen molar-refractivity contribution in [2.75, 3.05) is 11.9 Å². The monoisotopic (exact) mass is 279 g/mol. The number of amides is 1. The van der Waals surface area contributed by atoms with Crippen molar-refractivity contribution in [3.05, 3.63) is 64.1 Å². The second-order valence-electron chi connectivity index (χ2n) is 3.86. The zero-order chi connectivity index (χ0) is 13.1. The van der Waals surface area contributed by atoms with Crippen LogP contribution in [0.1, 0.15) is 10.4 Å². The Hall–Kier alpha value is -1.51. The van der Waals surface area contributed by atoms with E-state index in [2.05, 4.69) is 0 Å². The van der Waals surface area contributed by atoms with Crippen LogP contribution >= 0.6 is 23.2 Å². The first-order valence-electron chi connectivity index (χ1n) is 5.37. The summed E-state index contributed by atoms with van der Waals surface area (Å²) in [5.74, 6) is -0.148. The summed E-state index contributed by atoms with van der Waals surface area (Å²) in [4.78, 5) is 13.8. The number of carbonyl (C=O) groups is 1. The minimum atomic E-state index is -0.148. The van der Waals surface area contributed by atoms with Gasteiger partial charge in [-0.25, -0.2) is 0 Å². The fourth-order valence-electron chi connectivity index (χ4n) is 1.64. The van der Waals surface area contributed by atoms with Crippen LogP contribution in [0.15, 0.2) is 48.5 Å². The van der Waals surface area contributed by atoms with Crippen molar-refractivity contribution >= 4 is 34.8 Å². The highest BCUT2D eigenvalue weighted by Crippen LogP contribution is 2.21. The molecule has 0 aliphatic carbocycles. The summed E-state index contributed by atoms with van der Waals surface area (Å²) in [7, 11) is 1.71. The van der Waals surface area contributed by atoms with Crippen LogP contribution < -0.4 is 4.90 Å². The second kappa shape index (κ2) is 5.42. The van der Waals surface area contributed by atoms with E-state index in [1.807, 2.05) is 30.3 Å². The number of halogens is 2. The van der Waals surface area contributed by atoms with Gasteiger partial charge in [0.1, 0.15) is 0 Å². The smallest absolute Gasteiger partial charge is 0.258 e. The molecule has 0 saturated carbocycles. The molecular weight excluding hydrogens is 269 g/mol. The van der Waals surface area contributed by atoms with E-state index in [4.69, 9.17) is 23.2 Å². The van der Waals surface area contributed by atoms with Gasteiger partial charge in [-0.2, -0.15) is 0 Å². The Kier molecular flexibility index (Phi) is 3.90. The highest BCUT2D eigenvalue weighted by atomic mass is 35.5. The molecule has 2 rings (SSSR count). The molecule has 0 N–H and O–H groups in total. The van der Waals surface area contributed by atoms with Crippen LogP contribution in [0.3, 0.4) is 0 Å². The molecule has 0 aliphatic rings. The number of carbonyl (C=O) groups excluding carboxylic acids is 1. The predicted octanol–water partition coefficient (Wildman–Crippen LogP) is 4.27. The Bertz CT molecular complexity index is 549. The van der Waals surface area contributed by atoms with Gasteiger partial charge >= 0.3 is 0 Å². The fraction of sp³-hybridized carbons (Fsp3) is 0.0714. The van der Waals surface area contributed by atoms with Crippen molar-refractivity contribution in [2.45, 2.75) is 0 Å². The molecule has 4 heteroatoms. The van der Waals surface area contributed by atoms with Gasteiger partial charge in [0.25, 0.3) is 5.91 Å². The van der Waals surface area contributed by atoms with E-state index in [1.165, 1.54) is 0 Å². The molecule has 0 aromatic heterocycles. The van der Waals surface area contributed by atoms with Gasteiger partial charge < -0.3 is 4.90 Å². The van der Waals surface area contributed by atoms with Crippen molar-refractivity contribution in [2.24, 2.45) is 0 Å². The van der Waals surface area contributed by atoms with Crippen LogP contribution in [0.4, 0.5) is 5.69 Å². The SMILES string of the molecule is CN(C(=O)c1cc(Cl)cc(Cl)c1)c1ccccc1. The molecule has 2 nitrogen and oxygen atoms in total. The quantitative estimate of drug-likeness (QED) is 0.804. The summed E-state index contributed by atoms with van der Waals surface area (Å²) in [5, 5.41) is 0.902. The first-order valence-corrected chi connectivity index (χ1v) is 6.13. The summed E-state index contributed by atoms with van der Waals surface area (Å²) < 4.78 is 0. The summed E-state index contributed by atoms with van der Waals surface area (Å²) in [6, 6.07) is 14.2. The third-order valence-corrected chi connectivity index (χ3v) is 2.99. The fourth-order valence-corrected chi connectivity index (χ4v) is 2.17. The van der Waals surface area contributed by atoms with Gasteiger partial charge in [0.2, 0.25) is 0 Å². The molecule has 0 unspecified atom stereocenters. The Labute approximate surface area is 116 Å². The van der Waals surface area contributed by atoms with Gasteiger partial charge in [0.15, 0.2) is 0 Å². The molecule has 2 aromatic carbocycles. The molecule has 0 spiro atoms.